The Bertz CT molecular complexity index is 695. The number of carbonyl (C=O) groups is 1. The number of unbranched alkanes of at least 4 members (excludes halogenated alkanes) is 5. The lowest BCUT2D eigenvalue weighted by atomic mass is 10.1. The van der Waals surface area contributed by atoms with Crippen molar-refractivity contribution in [3.63, 3.8) is 0 Å². The fourth-order valence-corrected chi connectivity index (χ4v) is 2.62. The van der Waals surface area contributed by atoms with Gasteiger partial charge in [-0.1, -0.05) is 39.0 Å². The number of esters is 1. The summed E-state index contributed by atoms with van der Waals surface area (Å²) in [7, 11) is 0. The van der Waals surface area contributed by atoms with E-state index in [2.05, 4.69) is 21.9 Å². The van der Waals surface area contributed by atoms with Crippen molar-refractivity contribution >= 4 is 5.97 Å². The molecule has 0 saturated carbocycles. The van der Waals surface area contributed by atoms with Crippen molar-refractivity contribution in [3.05, 3.63) is 36.4 Å². The molecule has 7 heteroatoms. The number of rotatable bonds is 12. The molecule has 0 spiro atoms. The molecule has 1 aromatic carbocycles. The second-order valence-corrected chi connectivity index (χ2v) is 6.15. The summed E-state index contributed by atoms with van der Waals surface area (Å²) >= 11 is 0. The molecule has 0 radical (unpaired) electrons. The molecule has 2 rings (SSSR count). The highest BCUT2D eigenvalue weighted by molar-refractivity contribution is 5.91. The summed E-state index contributed by atoms with van der Waals surface area (Å²) in [5, 5.41) is 9.03. The molecule has 0 fully saturated rings. The highest BCUT2D eigenvalue weighted by Crippen LogP contribution is 2.28. The zero-order chi connectivity index (χ0) is 19.3. The number of aliphatic hydroxyl groups is 1. The number of carbonyl (C=O) groups excluding carboxylic acids is 1. The van der Waals surface area contributed by atoms with Gasteiger partial charge in [-0.05, 0) is 24.6 Å². The number of aliphatic hydroxyl groups excluding tert-OH is 1. The highest BCUT2D eigenvalue weighted by Gasteiger charge is 2.14. The lowest BCUT2D eigenvalue weighted by molar-refractivity contribution is 0.0497. The number of hydrogen-bond acceptors (Lipinski definition) is 7. The van der Waals surface area contributed by atoms with Gasteiger partial charge in [0.05, 0.1) is 24.3 Å². The Morgan fingerprint density at radius 2 is 1.78 bits per heavy atom. The molecule has 1 heterocycles. The first-order chi connectivity index (χ1) is 13.3. The molecule has 0 atom stereocenters. The Labute approximate surface area is 159 Å². The van der Waals surface area contributed by atoms with E-state index in [9.17, 15) is 4.79 Å². The Hall–Kier alpha value is -2.54. The molecular formula is C20H27N3O4. The zero-order valence-electron chi connectivity index (χ0n) is 15.8. The topological polar surface area (TPSA) is 94.4 Å². The van der Waals surface area contributed by atoms with Crippen molar-refractivity contribution in [2.75, 3.05) is 19.8 Å². The fraction of sp³-hybridized carbons (Fsp3) is 0.500. The van der Waals surface area contributed by atoms with Crippen LogP contribution in [0.4, 0.5) is 0 Å². The largest absolute Gasteiger partial charge is 0.490 e. The predicted octanol–water partition coefficient (Wildman–Crippen LogP) is 3.43. The first-order valence-electron chi connectivity index (χ1n) is 9.43. The second kappa shape index (κ2) is 12.0. The van der Waals surface area contributed by atoms with E-state index in [1.165, 1.54) is 38.3 Å². The fourth-order valence-electron chi connectivity index (χ4n) is 2.62. The second-order valence-electron chi connectivity index (χ2n) is 6.15. The van der Waals surface area contributed by atoms with E-state index in [4.69, 9.17) is 14.6 Å². The molecule has 0 saturated heterocycles. The molecule has 0 aliphatic heterocycles. The molecule has 1 aromatic heterocycles. The van der Waals surface area contributed by atoms with E-state index in [1.54, 1.807) is 18.2 Å². The first-order valence-corrected chi connectivity index (χ1v) is 9.43. The quantitative estimate of drug-likeness (QED) is 0.450. The number of benzene rings is 1. The van der Waals surface area contributed by atoms with Crippen molar-refractivity contribution in [2.24, 2.45) is 0 Å². The Morgan fingerprint density at radius 1 is 1.04 bits per heavy atom. The van der Waals surface area contributed by atoms with E-state index < -0.39 is 0 Å². The molecule has 27 heavy (non-hydrogen) atoms. The maximum atomic E-state index is 12.3. The van der Waals surface area contributed by atoms with Crippen LogP contribution in [0.25, 0.3) is 11.4 Å². The zero-order valence-corrected chi connectivity index (χ0v) is 15.8. The van der Waals surface area contributed by atoms with Gasteiger partial charge in [0.15, 0.2) is 5.82 Å². The molecule has 7 nitrogen and oxygen atoms in total. The van der Waals surface area contributed by atoms with Crippen LogP contribution in [0.15, 0.2) is 30.9 Å². The molecule has 0 aliphatic carbocycles. The van der Waals surface area contributed by atoms with Gasteiger partial charge in [-0.3, -0.25) is 0 Å². The van der Waals surface area contributed by atoms with Crippen LogP contribution >= 0.6 is 0 Å². The summed E-state index contributed by atoms with van der Waals surface area (Å²) in [6.07, 6.45) is 9.59. The third kappa shape index (κ3) is 6.94. The van der Waals surface area contributed by atoms with Gasteiger partial charge in [0, 0.05) is 0 Å². The maximum Gasteiger partial charge on any atom is 0.338 e. The Balaban J connectivity index is 1.97. The van der Waals surface area contributed by atoms with Gasteiger partial charge < -0.3 is 14.6 Å². The average Bonchev–Trinajstić information content (AvgIpc) is 2.72. The maximum absolute atomic E-state index is 12.3. The number of hydrogen-bond donors (Lipinski definition) is 1. The van der Waals surface area contributed by atoms with Gasteiger partial charge in [-0.2, -0.15) is 0 Å². The molecular weight excluding hydrogens is 346 g/mol. The highest BCUT2D eigenvalue weighted by atomic mass is 16.5. The van der Waals surface area contributed by atoms with Gasteiger partial charge in [0.2, 0.25) is 0 Å². The van der Waals surface area contributed by atoms with Gasteiger partial charge in [-0.25, -0.2) is 19.7 Å². The smallest absolute Gasteiger partial charge is 0.338 e. The van der Waals surface area contributed by atoms with E-state index in [-0.39, 0.29) is 19.2 Å². The molecule has 0 aliphatic rings. The summed E-state index contributed by atoms with van der Waals surface area (Å²) in [6, 6.07) is 4.97. The van der Waals surface area contributed by atoms with Crippen molar-refractivity contribution in [1.82, 2.24) is 15.0 Å². The monoisotopic (exact) mass is 373 g/mol. The van der Waals surface area contributed by atoms with Crippen molar-refractivity contribution < 1.29 is 19.4 Å². The minimum absolute atomic E-state index is 0.106. The normalized spacial score (nSPS) is 10.6. The Kier molecular flexibility index (Phi) is 9.20. The van der Waals surface area contributed by atoms with E-state index >= 15 is 0 Å². The van der Waals surface area contributed by atoms with Crippen LogP contribution in [0.5, 0.6) is 5.75 Å². The molecule has 146 valence electrons. The molecule has 1 N–H and O–H groups in total. The van der Waals surface area contributed by atoms with Crippen LogP contribution in [0.3, 0.4) is 0 Å². The summed E-state index contributed by atoms with van der Waals surface area (Å²) in [6.45, 7) is 2.57. The molecule has 0 amide bonds. The average molecular weight is 373 g/mol. The number of nitrogens with zero attached hydrogens (tertiary/aromatic N) is 3. The van der Waals surface area contributed by atoms with Crippen LogP contribution in [0.1, 0.15) is 55.8 Å². The van der Waals surface area contributed by atoms with Crippen LogP contribution in [-0.2, 0) is 4.74 Å². The standard InChI is InChI=1S/C20H27N3O4/c1-2-3-4-5-6-7-11-27-20(25)16-8-9-17(18(13-16)26-12-10-24)19-22-14-21-15-23-19/h8-9,13-15,24H,2-7,10-12H2,1H3. The lowest BCUT2D eigenvalue weighted by Crippen LogP contribution is -2.09. The van der Waals surface area contributed by atoms with E-state index in [1.807, 2.05) is 0 Å². The summed E-state index contributed by atoms with van der Waals surface area (Å²) < 4.78 is 10.9. The van der Waals surface area contributed by atoms with Crippen LogP contribution in [0.2, 0.25) is 0 Å². The third-order valence-electron chi connectivity index (χ3n) is 4.03. The molecule has 0 bridgehead atoms. The summed E-state index contributed by atoms with van der Waals surface area (Å²) in [4.78, 5) is 24.3. The summed E-state index contributed by atoms with van der Waals surface area (Å²) in [5.41, 5.74) is 1.02. The van der Waals surface area contributed by atoms with E-state index in [0.29, 0.717) is 29.3 Å². The SMILES string of the molecule is CCCCCCCCOC(=O)c1ccc(-c2ncncn2)c(OCCO)c1. The molecule has 2 aromatic rings. The minimum Gasteiger partial charge on any atom is -0.490 e. The minimum atomic E-state index is -0.389. The predicted molar refractivity (Wildman–Crippen MR) is 102 cm³/mol. The first kappa shape index (κ1) is 20.8. The number of ether oxygens (including phenoxy) is 2. The van der Waals surface area contributed by atoms with Crippen molar-refractivity contribution in [2.45, 2.75) is 45.4 Å². The lowest BCUT2D eigenvalue weighted by Gasteiger charge is -2.12. The Morgan fingerprint density at radius 3 is 2.52 bits per heavy atom. The third-order valence-corrected chi connectivity index (χ3v) is 4.03. The van der Waals surface area contributed by atoms with Crippen LogP contribution in [0, 0.1) is 0 Å². The van der Waals surface area contributed by atoms with Gasteiger partial charge in [0.25, 0.3) is 0 Å². The van der Waals surface area contributed by atoms with Gasteiger partial charge in [-0.15, -0.1) is 0 Å². The van der Waals surface area contributed by atoms with Gasteiger partial charge in [0.1, 0.15) is 25.0 Å². The summed E-state index contributed by atoms with van der Waals surface area (Å²) in [5.74, 6) is 0.466. The van der Waals surface area contributed by atoms with Crippen molar-refractivity contribution in [1.29, 1.82) is 0 Å². The van der Waals surface area contributed by atoms with Gasteiger partial charge >= 0.3 is 5.97 Å². The van der Waals surface area contributed by atoms with E-state index in [0.717, 1.165) is 12.8 Å². The van der Waals surface area contributed by atoms with Crippen molar-refractivity contribution in [3.8, 4) is 17.1 Å². The number of aromatic nitrogens is 3. The van der Waals surface area contributed by atoms with Crippen LogP contribution in [-0.4, -0.2) is 45.8 Å². The van der Waals surface area contributed by atoms with Crippen LogP contribution < -0.4 is 4.74 Å². The molecule has 0 unspecified atom stereocenters.